The minimum absolute atomic E-state index is 0.0896. The van der Waals surface area contributed by atoms with Gasteiger partial charge in [-0.05, 0) is 37.0 Å². The fourth-order valence-electron chi connectivity index (χ4n) is 2.62. The van der Waals surface area contributed by atoms with Crippen molar-refractivity contribution in [3.05, 3.63) is 29.6 Å². The molecule has 1 aromatic rings. The van der Waals surface area contributed by atoms with Gasteiger partial charge in [0.2, 0.25) is 0 Å². The summed E-state index contributed by atoms with van der Waals surface area (Å²) >= 11 is 0. The van der Waals surface area contributed by atoms with E-state index >= 15 is 0 Å². The number of hydrogen-bond acceptors (Lipinski definition) is 3. The highest BCUT2D eigenvalue weighted by atomic mass is 19.1. The number of nitrogens with one attached hydrogen (secondary N) is 1. The molecule has 18 heavy (non-hydrogen) atoms. The molecule has 0 aromatic heterocycles. The predicted molar refractivity (Wildman–Crippen MR) is 69.3 cm³/mol. The molecular formula is C14H19FN2O. The van der Waals surface area contributed by atoms with Gasteiger partial charge in [0.25, 0.3) is 0 Å². The van der Waals surface area contributed by atoms with Crippen molar-refractivity contribution in [2.75, 3.05) is 24.6 Å². The summed E-state index contributed by atoms with van der Waals surface area (Å²) in [7, 11) is 0. The number of aliphatic hydroxyl groups is 1. The molecule has 1 atom stereocenters. The lowest BCUT2D eigenvalue weighted by Crippen LogP contribution is -2.44. The molecule has 1 heterocycles. The van der Waals surface area contributed by atoms with Gasteiger partial charge in [0, 0.05) is 30.9 Å². The predicted octanol–water partition coefficient (Wildman–Crippen LogP) is 1.30. The van der Waals surface area contributed by atoms with Crippen LogP contribution in [0.4, 0.5) is 10.1 Å². The minimum atomic E-state index is -0.184. The first-order valence-electron chi connectivity index (χ1n) is 6.66. The van der Waals surface area contributed by atoms with Crippen molar-refractivity contribution in [1.29, 1.82) is 0 Å². The number of anilines is 1. The van der Waals surface area contributed by atoms with Gasteiger partial charge in [-0.25, -0.2) is 4.39 Å². The number of halogens is 1. The number of nitrogens with zero attached hydrogens (tertiary/aromatic N) is 1. The van der Waals surface area contributed by atoms with Crippen LogP contribution in [-0.4, -0.2) is 36.9 Å². The van der Waals surface area contributed by atoms with E-state index < -0.39 is 0 Å². The first-order chi connectivity index (χ1) is 8.76. The van der Waals surface area contributed by atoms with E-state index in [0.29, 0.717) is 6.04 Å². The summed E-state index contributed by atoms with van der Waals surface area (Å²) in [6.07, 6.45) is 3.39. The Morgan fingerprint density at radius 2 is 2.28 bits per heavy atom. The number of hydrogen-bond donors (Lipinski definition) is 2. The quantitative estimate of drug-likeness (QED) is 0.827. The van der Waals surface area contributed by atoms with Crippen LogP contribution in [0.2, 0.25) is 0 Å². The zero-order valence-electron chi connectivity index (χ0n) is 10.4. The maximum atomic E-state index is 13.3. The molecule has 1 aromatic carbocycles. The Morgan fingerprint density at radius 1 is 1.44 bits per heavy atom. The van der Waals surface area contributed by atoms with Gasteiger partial charge in [-0.15, -0.1) is 0 Å². The summed E-state index contributed by atoms with van der Waals surface area (Å²) in [5, 5.41) is 12.8. The van der Waals surface area contributed by atoms with Gasteiger partial charge < -0.3 is 15.3 Å². The molecule has 3 rings (SSSR count). The summed E-state index contributed by atoms with van der Waals surface area (Å²) in [6.45, 7) is 1.81. The van der Waals surface area contributed by atoms with Crippen molar-refractivity contribution in [3.8, 4) is 0 Å². The molecule has 0 spiro atoms. The molecule has 0 saturated heterocycles. The summed E-state index contributed by atoms with van der Waals surface area (Å²) in [5.41, 5.74) is 2.20. The van der Waals surface area contributed by atoms with Crippen LogP contribution >= 0.6 is 0 Å². The summed E-state index contributed by atoms with van der Waals surface area (Å²) in [4.78, 5) is 2.18. The van der Waals surface area contributed by atoms with E-state index in [0.717, 1.165) is 25.2 Å². The lowest BCUT2D eigenvalue weighted by atomic mass is 10.1. The third kappa shape index (κ3) is 2.49. The number of benzene rings is 1. The number of rotatable bonds is 5. The van der Waals surface area contributed by atoms with E-state index in [9.17, 15) is 9.50 Å². The van der Waals surface area contributed by atoms with Gasteiger partial charge in [0.1, 0.15) is 5.82 Å². The molecule has 0 bridgehead atoms. The largest absolute Gasteiger partial charge is 0.395 e. The van der Waals surface area contributed by atoms with E-state index in [1.165, 1.54) is 24.5 Å². The van der Waals surface area contributed by atoms with Crippen LogP contribution in [0.25, 0.3) is 0 Å². The van der Waals surface area contributed by atoms with E-state index in [2.05, 4.69) is 10.2 Å². The van der Waals surface area contributed by atoms with E-state index in [1.807, 2.05) is 6.07 Å². The van der Waals surface area contributed by atoms with Crippen LogP contribution in [0.1, 0.15) is 18.4 Å². The average molecular weight is 250 g/mol. The smallest absolute Gasteiger partial charge is 0.125 e. The van der Waals surface area contributed by atoms with Gasteiger partial charge in [-0.3, -0.25) is 0 Å². The molecule has 2 N–H and O–H groups in total. The molecule has 1 saturated carbocycles. The van der Waals surface area contributed by atoms with E-state index in [4.69, 9.17) is 0 Å². The van der Waals surface area contributed by atoms with Gasteiger partial charge in [0.05, 0.1) is 6.61 Å². The SMILES string of the molecule is OCC(CN1CCc2ccc(F)cc21)NC1CC1. The number of fused-ring (bicyclic) bond motifs is 1. The van der Waals surface area contributed by atoms with E-state index in [1.54, 1.807) is 6.07 Å². The Kier molecular flexibility index (Phi) is 3.22. The third-order valence-corrected chi connectivity index (χ3v) is 3.75. The van der Waals surface area contributed by atoms with Crippen LogP contribution in [0, 0.1) is 5.82 Å². The van der Waals surface area contributed by atoms with Crippen molar-refractivity contribution in [3.63, 3.8) is 0 Å². The maximum absolute atomic E-state index is 13.3. The van der Waals surface area contributed by atoms with Crippen LogP contribution < -0.4 is 10.2 Å². The molecule has 0 amide bonds. The van der Waals surface area contributed by atoms with Crippen molar-refractivity contribution < 1.29 is 9.50 Å². The Hall–Kier alpha value is -1.13. The highest BCUT2D eigenvalue weighted by Gasteiger charge is 2.27. The Labute approximate surface area is 107 Å². The van der Waals surface area contributed by atoms with Crippen molar-refractivity contribution in [1.82, 2.24) is 5.32 Å². The molecule has 3 nitrogen and oxygen atoms in total. The molecule has 4 heteroatoms. The molecule has 98 valence electrons. The van der Waals surface area contributed by atoms with Crippen LogP contribution in [0.3, 0.4) is 0 Å². The molecule has 1 fully saturated rings. The second kappa shape index (κ2) is 4.86. The minimum Gasteiger partial charge on any atom is -0.395 e. The van der Waals surface area contributed by atoms with Crippen LogP contribution in [-0.2, 0) is 6.42 Å². The Bertz CT molecular complexity index is 434. The molecule has 1 unspecified atom stereocenters. The zero-order chi connectivity index (χ0) is 12.5. The van der Waals surface area contributed by atoms with Crippen LogP contribution in [0.15, 0.2) is 18.2 Å². The molecule has 1 aliphatic carbocycles. The maximum Gasteiger partial charge on any atom is 0.125 e. The van der Waals surface area contributed by atoms with Gasteiger partial charge in [-0.2, -0.15) is 0 Å². The first-order valence-corrected chi connectivity index (χ1v) is 6.66. The van der Waals surface area contributed by atoms with Crippen molar-refractivity contribution in [2.24, 2.45) is 0 Å². The lowest BCUT2D eigenvalue weighted by molar-refractivity contribution is 0.243. The topological polar surface area (TPSA) is 35.5 Å². The summed E-state index contributed by atoms with van der Waals surface area (Å²) in [6, 6.07) is 5.67. The Morgan fingerprint density at radius 3 is 3.00 bits per heavy atom. The van der Waals surface area contributed by atoms with Crippen molar-refractivity contribution in [2.45, 2.75) is 31.3 Å². The summed E-state index contributed by atoms with van der Waals surface area (Å²) < 4.78 is 13.3. The normalized spacial score (nSPS) is 20.0. The van der Waals surface area contributed by atoms with E-state index in [-0.39, 0.29) is 18.5 Å². The highest BCUT2D eigenvalue weighted by Crippen LogP contribution is 2.29. The molecule has 0 radical (unpaired) electrons. The monoisotopic (exact) mass is 250 g/mol. The van der Waals surface area contributed by atoms with Crippen molar-refractivity contribution >= 4 is 5.69 Å². The number of aliphatic hydroxyl groups excluding tert-OH is 1. The van der Waals surface area contributed by atoms with Gasteiger partial charge in [-0.1, -0.05) is 6.07 Å². The third-order valence-electron chi connectivity index (χ3n) is 3.75. The Balaban J connectivity index is 1.68. The molecular weight excluding hydrogens is 231 g/mol. The first kappa shape index (κ1) is 11.9. The van der Waals surface area contributed by atoms with Gasteiger partial charge >= 0.3 is 0 Å². The fraction of sp³-hybridized carbons (Fsp3) is 0.571. The van der Waals surface area contributed by atoms with Gasteiger partial charge in [0.15, 0.2) is 0 Å². The van der Waals surface area contributed by atoms with Crippen LogP contribution in [0.5, 0.6) is 0 Å². The summed E-state index contributed by atoms with van der Waals surface area (Å²) in [5.74, 6) is -0.184. The average Bonchev–Trinajstić information content (AvgIpc) is 3.10. The molecule has 1 aliphatic heterocycles. The molecule has 2 aliphatic rings. The second-order valence-corrected chi connectivity index (χ2v) is 5.29. The second-order valence-electron chi connectivity index (χ2n) is 5.29. The standard InChI is InChI=1S/C14H19FN2O/c15-11-2-1-10-5-6-17(14(10)7-11)8-13(9-18)16-12-3-4-12/h1-2,7,12-13,16,18H,3-6,8-9H2. The highest BCUT2D eigenvalue weighted by molar-refractivity contribution is 5.58. The zero-order valence-corrected chi connectivity index (χ0v) is 10.4. The fourth-order valence-corrected chi connectivity index (χ4v) is 2.62. The lowest BCUT2D eigenvalue weighted by Gasteiger charge is -2.25.